The fourth-order valence-corrected chi connectivity index (χ4v) is 5.33. The van der Waals surface area contributed by atoms with Crippen LogP contribution in [0.5, 0.6) is 0 Å². The van der Waals surface area contributed by atoms with E-state index in [9.17, 15) is 71.5 Å². The Hall–Kier alpha value is -0.840. The van der Waals surface area contributed by atoms with Crippen molar-refractivity contribution in [3.8, 4) is 0 Å². The van der Waals surface area contributed by atoms with Gasteiger partial charge in [-0.15, -0.1) is 0 Å². The zero-order valence-electron chi connectivity index (χ0n) is 23.5. The van der Waals surface area contributed by atoms with Crippen molar-refractivity contribution in [1.29, 1.82) is 0 Å². The lowest BCUT2D eigenvalue weighted by molar-refractivity contribution is -0.368. The number of aliphatic hydroxyl groups is 14. The van der Waals surface area contributed by atoms with Crippen LogP contribution < -0.4 is 0 Å². The molecule has 14 N–H and O–H groups in total. The summed E-state index contributed by atoms with van der Waals surface area (Å²) < 4.78 is 37.6. The van der Waals surface area contributed by atoms with Gasteiger partial charge in [0.25, 0.3) is 0 Å². The molecule has 0 amide bonds. The van der Waals surface area contributed by atoms with E-state index >= 15 is 0 Å². The van der Waals surface area contributed by atoms with E-state index in [1.807, 2.05) is 0 Å². The predicted octanol–water partition coefficient (Wildman–Crippen LogP) is -9.75. The number of hydrogen-bond donors (Lipinski definition) is 14. The van der Waals surface area contributed by atoms with E-state index < -0.39 is 149 Å². The first kappa shape index (κ1) is 37.0. The molecule has 4 aliphatic rings. The van der Waals surface area contributed by atoms with Crippen molar-refractivity contribution in [2.24, 2.45) is 0 Å². The summed E-state index contributed by atoms with van der Waals surface area (Å²) in [6.07, 6.45) is -34.9. The third kappa shape index (κ3) is 7.75. The van der Waals surface area contributed by atoms with Crippen LogP contribution in [0.4, 0.5) is 0 Å². The average Bonchev–Trinajstić information content (AvgIpc) is 3.02. The SMILES string of the molecule is OC[C@H]1O[C@H](OC[C@H]2O[C@H](O[C@H]3[C@H](O)[C@@H](O)C(O)O[C@@H]3CO[C@H]3O[C@H](CO)[C@@H](O)[C@H](O)[C@H]3O)[C@H](O)[C@@H](O)[C@@H]2O)[C@H](O)[C@@H](O)[C@@H]1O. The van der Waals surface area contributed by atoms with E-state index in [-0.39, 0.29) is 0 Å². The third-order valence-corrected chi connectivity index (χ3v) is 8.17. The van der Waals surface area contributed by atoms with Gasteiger partial charge in [-0.05, 0) is 0 Å². The van der Waals surface area contributed by atoms with Crippen LogP contribution >= 0.6 is 0 Å². The van der Waals surface area contributed by atoms with Crippen molar-refractivity contribution in [1.82, 2.24) is 0 Å². The molecule has 45 heavy (non-hydrogen) atoms. The summed E-state index contributed by atoms with van der Waals surface area (Å²) in [6.45, 7) is -2.90. The molecule has 264 valence electrons. The average molecular weight is 667 g/mol. The Labute approximate surface area is 254 Å². The summed E-state index contributed by atoms with van der Waals surface area (Å²) in [4.78, 5) is 0. The van der Waals surface area contributed by atoms with E-state index in [0.29, 0.717) is 0 Å². The number of hydrogen-bond acceptors (Lipinski definition) is 21. The zero-order valence-corrected chi connectivity index (χ0v) is 23.5. The molecule has 4 fully saturated rings. The largest absolute Gasteiger partial charge is 0.394 e. The Balaban J connectivity index is 1.43. The fraction of sp³-hybridized carbons (Fsp3) is 1.00. The smallest absolute Gasteiger partial charge is 0.187 e. The molecule has 0 aliphatic carbocycles. The van der Waals surface area contributed by atoms with Gasteiger partial charge >= 0.3 is 0 Å². The van der Waals surface area contributed by atoms with E-state index in [1.165, 1.54) is 0 Å². The van der Waals surface area contributed by atoms with Crippen LogP contribution in [0.2, 0.25) is 0 Å². The lowest BCUT2D eigenvalue weighted by atomic mass is 9.96. The van der Waals surface area contributed by atoms with Gasteiger partial charge in [0, 0.05) is 0 Å². The summed E-state index contributed by atoms with van der Waals surface area (Å²) in [5, 5.41) is 141. The van der Waals surface area contributed by atoms with E-state index in [4.69, 9.17) is 33.2 Å². The van der Waals surface area contributed by atoms with Crippen LogP contribution in [-0.2, 0) is 33.2 Å². The van der Waals surface area contributed by atoms with Crippen molar-refractivity contribution in [2.75, 3.05) is 26.4 Å². The Morgan fingerprint density at radius 1 is 0.378 bits per heavy atom. The first-order valence-electron chi connectivity index (χ1n) is 14.1. The summed E-state index contributed by atoms with van der Waals surface area (Å²) in [5.74, 6) is 0. The molecule has 0 aromatic carbocycles. The minimum Gasteiger partial charge on any atom is -0.394 e. The lowest BCUT2D eigenvalue weighted by Crippen LogP contribution is -2.65. The normalized spacial score (nSPS) is 52.9. The Morgan fingerprint density at radius 2 is 0.778 bits per heavy atom. The number of ether oxygens (including phenoxy) is 7. The maximum Gasteiger partial charge on any atom is 0.187 e. The van der Waals surface area contributed by atoms with Gasteiger partial charge in [-0.2, -0.15) is 0 Å². The van der Waals surface area contributed by atoms with Crippen LogP contribution in [0, 0.1) is 0 Å². The number of aliphatic hydroxyl groups excluding tert-OH is 14. The highest BCUT2D eigenvalue weighted by molar-refractivity contribution is 4.95. The van der Waals surface area contributed by atoms with Crippen LogP contribution in [0.3, 0.4) is 0 Å². The van der Waals surface area contributed by atoms with Crippen LogP contribution in [0.1, 0.15) is 0 Å². The van der Waals surface area contributed by atoms with Gasteiger partial charge in [-0.25, -0.2) is 0 Å². The minimum atomic E-state index is -1.99. The molecular weight excluding hydrogens is 624 g/mol. The molecule has 4 aliphatic heterocycles. The standard InChI is InChI=1S/C24H42O21/c25-1-5-9(27)12(30)17(35)22(42-5)39-3-7-11(29)14(32)19(37)24(44-7)45-20-8(41-21(38)16(34)15(20)33)4-40-23-18(36)13(31)10(28)6(2-26)43-23/h5-38H,1-4H2/t5-,6-,7-,8-,9-,10-,11-,12+,13+,14+,15-,16-,17-,18-,19-,20-,21?,22+,23+,24-/m1/s1. The van der Waals surface area contributed by atoms with E-state index in [2.05, 4.69) is 0 Å². The van der Waals surface area contributed by atoms with Crippen molar-refractivity contribution in [3.63, 3.8) is 0 Å². The highest BCUT2D eigenvalue weighted by Gasteiger charge is 2.52. The van der Waals surface area contributed by atoms with Crippen LogP contribution in [0.15, 0.2) is 0 Å². The first-order chi connectivity index (χ1) is 21.2. The summed E-state index contributed by atoms with van der Waals surface area (Å²) >= 11 is 0. The minimum absolute atomic E-state index is 0.692. The predicted molar refractivity (Wildman–Crippen MR) is 134 cm³/mol. The maximum absolute atomic E-state index is 10.7. The van der Waals surface area contributed by atoms with Crippen molar-refractivity contribution in [3.05, 3.63) is 0 Å². The van der Waals surface area contributed by atoms with E-state index in [0.717, 1.165) is 0 Å². The molecule has 0 radical (unpaired) electrons. The summed E-state index contributed by atoms with van der Waals surface area (Å²) in [5.41, 5.74) is 0. The fourth-order valence-electron chi connectivity index (χ4n) is 5.33. The molecule has 21 heteroatoms. The first-order valence-corrected chi connectivity index (χ1v) is 14.1. The molecule has 0 spiro atoms. The topological polar surface area (TPSA) is 348 Å². The molecule has 4 rings (SSSR count). The highest BCUT2D eigenvalue weighted by Crippen LogP contribution is 2.31. The monoisotopic (exact) mass is 666 g/mol. The summed E-state index contributed by atoms with van der Waals surface area (Å²) in [6, 6.07) is 0. The van der Waals surface area contributed by atoms with Crippen LogP contribution in [-0.4, -0.2) is 221 Å². The number of rotatable bonds is 10. The van der Waals surface area contributed by atoms with Crippen LogP contribution in [0.25, 0.3) is 0 Å². The van der Waals surface area contributed by atoms with Crippen molar-refractivity contribution >= 4 is 0 Å². The maximum atomic E-state index is 10.7. The second-order valence-electron chi connectivity index (χ2n) is 11.2. The highest BCUT2D eigenvalue weighted by atomic mass is 16.8. The van der Waals surface area contributed by atoms with Gasteiger partial charge in [0.05, 0.1) is 26.4 Å². The molecule has 1 unspecified atom stereocenters. The van der Waals surface area contributed by atoms with Gasteiger partial charge in [0.15, 0.2) is 25.2 Å². The van der Waals surface area contributed by atoms with Gasteiger partial charge in [-0.3, -0.25) is 0 Å². The van der Waals surface area contributed by atoms with Gasteiger partial charge in [-0.1, -0.05) is 0 Å². The molecule has 0 aromatic heterocycles. The molecule has 4 saturated heterocycles. The second-order valence-corrected chi connectivity index (χ2v) is 11.2. The van der Waals surface area contributed by atoms with E-state index in [1.54, 1.807) is 0 Å². The Morgan fingerprint density at radius 3 is 1.24 bits per heavy atom. The Kier molecular flexibility index (Phi) is 12.8. The molecule has 21 nitrogen and oxygen atoms in total. The van der Waals surface area contributed by atoms with Crippen molar-refractivity contribution < 1.29 is 105 Å². The van der Waals surface area contributed by atoms with Gasteiger partial charge in [0.1, 0.15) is 97.7 Å². The molecule has 0 aromatic rings. The molecule has 4 heterocycles. The zero-order chi connectivity index (χ0) is 33.3. The van der Waals surface area contributed by atoms with Crippen molar-refractivity contribution in [2.45, 2.75) is 123 Å². The second kappa shape index (κ2) is 15.6. The summed E-state index contributed by atoms with van der Waals surface area (Å²) in [7, 11) is 0. The van der Waals surface area contributed by atoms with Gasteiger partial charge < -0.3 is 105 Å². The quantitative estimate of drug-likeness (QED) is 0.103. The van der Waals surface area contributed by atoms with Gasteiger partial charge in [0.2, 0.25) is 0 Å². The lowest BCUT2D eigenvalue weighted by Gasteiger charge is -2.46. The Bertz CT molecular complexity index is 914. The molecule has 0 saturated carbocycles. The molecule has 20 atom stereocenters. The molecule has 0 bridgehead atoms. The molecular formula is C24H42O21. The third-order valence-electron chi connectivity index (χ3n) is 8.17.